The van der Waals surface area contributed by atoms with Crippen LogP contribution < -0.4 is 5.32 Å². The highest BCUT2D eigenvalue weighted by molar-refractivity contribution is 4.69. The Bertz CT molecular complexity index is 183. The lowest BCUT2D eigenvalue weighted by Crippen LogP contribution is -2.25. The van der Waals surface area contributed by atoms with Crippen molar-refractivity contribution in [1.29, 1.82) is 5.26 Å². The fourth-order valence-electron chi connectivity index (χ4n) is 1.95. The number of hydrogen-bond acceptors (Lipinski definition) is 3. The summed E-state index contributed by atoms with van der Waals surface area (Å²) in [4.78, 5) is 0. The van der Waals surface area contributed by atoms with E-state index in [2.05, 4.69) is 11.4 Å². The van der Waals surface area contributed by atoms with Crippen molar-refractivity contribution in [2.24, 2.45) is 0 Å². The summed E-state index contributed by atoms with van der Waals surface area (Å²) in [6, 6.07) is 2.14. The van der Waals surface area contributed by atoms with Crippen LogP contribution in [-0.2, 0) is 4.74 Å². The molecule has 0 saturated heterocycles. The minimum absolute atomic E-state index is 0.514. The molecule has 15 heavy (non-hydrogen) atoms. The molecule has 86 valence electrons. The zero-order valence-electron chi connectivity index (χ0n) is 9.50. The molecule has 3 heteroatoms. The van der Waals surface area contributed by atoms with Crippen LogP contribution in [0, 0.1) is 11.3 Å². The molecule has 1 saturated carbocycles. The lowest BCUT2D eigenvalue weighted by atomic mass is 9.98. The largest absolute Gasteiger partial charge is 0.377 e. The zero-order valence-corrected chi connectivity index (χ0v) is 9.50. The van der Waals surface area contributed by atoms with E-state index >= 15 is 0 Å². The Morgan fingerprint density at radius 1 is 1.20 bits per heavy atom. The maximum absolute atomic E-state index is 8.34. The van der Waals surface area contributed by atoms with E-state index in [1.165, 1.54) is 32.1 Å². The molecule has 1 aliphatic rings. The summed E-state index contributed by atoms with van der Waals surface area (Å²) in [5, 5.41) is 11.6. The van der Waals surface area contributed by atoms with Crippen molar-refractivity contribution < 1.29 is 4.74 Å². The standard InChI is InChI=1S/C12H22N2O/c13-8-4-5-9-14-10-11-15-12-6-2-1-3-7-12/h12,14H,1-7,9-11H2. The first-order valence-electron chi connectivity index (χ1n) is 6.13. The van der Waals surface area contributed by atoms with Gasteiger partial charge in [-0.3, -0.25) is 0 Å². The minimum atomic E-state index is 0.514. The van der Waals surface area contributed by atoms with E-state index in [1.54, 1.807) is 0 Å². The molecule has 0 aromatic rings. The van der Waals surface area contributed by atoms with E-state index in [9.17, 15) is 0 Å². The third-order valence-corrected chi connectivity index (χ3v) is 2.83. The third kappa shape index (κ3) is 6.48. The molecular weight excluding hydrogens is 188 g/mol. The van der Waals surface area contributed by atoms with Crippen molar-refractivity contribution >= 4 is 0 Å². The van der Waals surface area contributed by atoms with Gasteiger partial charge >= 0.3 is 0 Å². The Hall–Kier alpha value is -0.590. The Morgan fingerprint density at radius 2 is 2.00 bits per heavy atom. The number of nitriles is 1. The molecule has 0 atom stereocenters. The highest BCUT2D eigenvalue weighted by Crippen LogP contribution is 2.19. The molecule has 0 unspecified atom stereocenters. The Kier molecular flexibility index (Phi) is 7.24. The molecular formula is C12H22N2O. The fourth-order valence-corrected chi connectivity index (χ4v) is 1.95. The summed E-state index contributed by atoms with van der Waals surface area (Å²) < 4.78 is 5.76. The van der Waals surface area contributed by atoms with Gasteiger partial charge in [0.2, 0.25) is 0 Å². The van der Waals surface area contributed by atoms with Crippen molar-refractivity contribution in [2.75, 3.05) is 19.7 Å². The first kappa shape index (κ1) is 12.5. The molecule has 0 aromatic heterocycles. The predicted molar refractivity (Wildman–Crippen MR) is 60.5 cm³/mol. The SMILES string of the molecule is N#CCCCNCCOC1CCCCC1. The molecule has 0 aliphatic heterocycles. The Morgan fingerprint density at radius 3 is 2.73 bits per heavy atom. The molecule has 1 rings (SSSR count). The first-order chi connectivity index (χ1) is 7.43. The van der Waals surface area contributed by atoms with Crippen molar-refractivity contribution in [3.05, 3.63) is 0 Å². The molecule has 0 spiro atoms. The number of hydrogen-bond donors (Lipinski definition) is 1. The van der Waals surface area contributed by atoms with Gasteiger partial charge < -0.3 is 10.1 Å². The molecule has 0 heterocycles. The van der Waals surface area contributed by atoms with Gasteiger partial charge in [0, 0.05) is 13.0 Å². The van der Waals surface area contributed by atoms with Crippen molar-refractivity contribution in [3.8, 4) is 6.07 Å². The zero-order chi connectivity index (χ0) is 10.8. The average Bonchev–Trinajstić information content (AvgIpc) is 2.29. The van der Waals surface area contributed by atoms with Crippen molar-refractivity contribution in [3.63, 3.8) is 0 Å². The van der Waals surface area contributed by atoms with Crippen LogP contribution in [0.2, 0.25) is 0 Å². The van der Waals surface area contributed by atoms with Crippen LogP contribution >= 0.6 is 0 Å². The Labute approximate surface area is 92.8 Å². The lowest BCUT2D eigenvalue weighted by molar-refractivity contribution is 0.0304. The van der Waals surface area contributed by atoms with Crippen LogP contribution in [0.3, 0.4) is 0 Å². The second-order valence-electron chi connectivity index (χ2n) is 4.14. The minimum Gasteiger partial charge on any atom is -0.377 e. The van der Waals surface area contributed by atoms with Crippen LogP contribution in [0.1, 0.15) is 44.9 Å². The topological polar surface area (TPSA) is 45.0 Å². The maximum Gasteiger partial charge on any atom is 0.0622 e. The van der Waals surface area contributed by atoms with Gasteiger partial charge in [-0.1, -0.05) is 19.3 Å². The molecule has 1 fully saturated rings. The quantitative estimate of drug-likeness (QED) is 0.655. The summed E-state index contributed by atoms with van der Waals surface area (Å²) in [6.45, 7) is 2.67. The smallest absolute Gasteiger partial charge is 0.0622 e. The van der Waals surface area contributed by atoms with Gasteiger partial charge in [0.15, 0.2) is 0 Å². The highest BCUT2D eigenvalue weighted by atomic mass is 16.5. The van der Waals surface area contributed by atoms with E-state index in [-0.39, 0.29) is 0 Å². The summed E-state index contributed by atoms with van der Waals surface area (Å²) >= 11 is 0. The molecule has 0 aromatic carbocycles. The second kappa shape index (κ2) is 8.70. The molecule has 0 radical (unpaired) electrons. The van der Waals surface area contributed by atoms with Gasteiger partial charge in [-0.25, -0.2) is 0 Å². The maximum atomic E-state index is 8.34. The molecule has 0 bridgehead atoms. The van der Waals surface area contributed by atoms with Crippen LogP contribution in [0.15, 0.2) is 0 Å². The number of unbranched alkanes of at least 4 members (excludes halogenated alkanes) is 1. The van der Waals surface area contributed by atoms with Crippen LogP contribution in [-0.4, -0.2) is 25.8 Å². The third-order valence-electron chi connectivity index (χ3n) is 2.83. The normalized spacial score (nSPS) is 17.5. The number of ether oxygens (including phenoxy) is 1. The van der Waals surface area contributed by atoms with Crippen LogP contribution in [0.25, 0.3) is 0 Å². The van der Waals surface area contributed by atoms with Crippen molar-refractivity contribution in [1.82, 2.24) is 5.32 Å². The number of nitrogens with one attached hydrogen (secondary N) is 1. The summed E-state index contributed by atoms with van der Waals surface area (Å²) in [5.41, 5.74) is 0. The summed E-state index contributed by atoms with van der Waals surface area (Å²) in [7, 11) is 0. The van der Waals surface area contributed by atoms with E-state index in [1.807, 2.05) is 0 Å². The second-order valence-corrected chi connectivity index (χ2v) is 4.14. The average molecular weight is 210 g/mol. The predicted octanol–water partition coefficient (Wildman–Crippen LogP) is 2.23. The van der Waals surface area contributed by atoms with Gasteiger partial charge in [0.05, 0.1) is 18.8 Å². The van der Waals surface area contributed by atoms with Crippen LogP contribution in [0.4, 0.5) is 0 Å². The fraction of sp³-hybridized carbons (Fsp3) is 0.917. The lowest BCUT2D eigenvalue weighted by Gasteiger charge is -2.21. The van der Waals surface area contributed by atoms with Gasteiger partial charge in [-0.15, -0.1) is 0 Å². The molecule has 0 amide bonds. The molecule has 1 aliphatic carbocycles. The van der Waals surface area contributed by atoms with Crippen molar-refractivity contribution in [2.45, 2.75) is 51.0 Å². The molecule has 3 nitrogen and oxygen atoms in total. The highest BCUT2D eigenvalue weighted by Gasteiger charge is 2.12. The van der Waals surface area contributed by atoms with Gasteiger partial charge in [-0.05, 0) is 25.8 Å². The number of nitrogens with zero attached hydrogens (tertiary/aromatic N) is 1. The Balaban J connectivity index is 1.82. The summed E-state index contributed by atoms with van der Waals surface area (Å²) in [6.07, 6.45) is 8.64. The van der Waals surface area contributed by atoms with E-state index in [0.717, 1.165) is 26.1 Å². The van der Waals surface area contributed by atoms with Crippen LogP contribution in [0.5, 0.6) is 0 Å². The number of rotatable bonds is 7. The summed E-state index contributed by atoms with van der Waals surface area (Å²) in [5.74, 6) is 0. The van der Waals surface area contributed by atoms with Gasteiger partial charge in [-0.2, -0.15) is 5.26 Å². The monoisotopic (exact) mass is 210 g/mol. The van der Waals surface area contributed by atoms with Gasteiger partial charge in [0.1, 0.15) is 0 Å². The first-order valence-corrected chi connectivity index (χ1v) is 6.13. The molecule has 1 N–H and O–H groups in total. The van der Waals surface area contributed by atoms with Gasteiger partial charge in [0.25, 0.3) is 0 Å². The van der Waals surface area contributed by atoms with E-state index in [4.69, 9.17) is 10.00 Å². The van der Waals surface area contributed by atoms with E-state index < -0.39 is 0 Å². The van der Waals surface area contributed by atoms with E-state index in [0.29, 0.717) is 12.5 Å².